The molecule has 0 radical (unpaired) electrons. The van der Waals surface area contributed by atoms with E-state index in [9.17, 15) is 14.7 Å². The van der Waals surface area contributed by atoms with Crippen LogP contribution >= 0.6 is 0 Å². The molecule has 1 unspecified atom stereocenters. The van der Waals surface area contributed by atoms with Crippen molar-refractivity contribution in [1.29, 1.82) is 0 Å². The molecule has 1 atom stereocenters. The maximum atomic E-state index is 11.8. The molecule has 0 fully saturated rings. The second kappa shape index (κ2) is 7.15. The predicted octanol–water partition coefficient (Wildman–Crippen LogP) is 1.58. The van der Waals surface area contributed by atoms with Gasteiger partial charge in [0.25, 0.3) is 5.79 Å². The van der Waals surface area contributed by atoms with Gasteiger partial charge in [-0.05, 0) is 26.0 Å². The molecular weight excluding hydrogens is 302 g/mol. The van der Waals surface area contributed by atoms with Crippen molar-refractivity contribution in [2.75, 3.05) is 18.5 Å². The molecule has 0 saturated carbocycles. The Morgan fingerprint density at radius 2 is 1.96 bits per heavy atom. The maximum absolute atomic E-state index is 11.8. The fourth-order valence-corrected chi connectivity index (χ4v) is 2.13. The van der Waals surface area contributed by atoms with Crippen LogP contribution in [-0.2, 0) is 19.1 Å². The van der Waals surface area contributed by atoms with Gasteiger partial charge in [-0.3, -0.25) is 4.79 Å². The summed E-state index contributed by atoms with van der Waals surface area (Å²) in [5.74, 6) is -2.97. The molecule has 7 heteroatoms. The Morgan fingerprint density at radius 3 is 2.65 bits per heavy atom. The number of ether oxygens (including phenoxy) is 3. The van der Waals surface area contributed by atoms with E-state index in [1.165, 1.54) is 0 Å². The number of fused-ring (bicyclic) bond motifs is 1. The van der Waals surface area contributed by atoms with E-state index >= 15 is 0 Å². The van der Waals surface area contributed by atoms with E-state index in [-0.39, 0.29) is 18.9 Å². The SMILES string of the molecule is CCOC(=O)/C=C1\Nc2ccccc2OC1(O)CC(=O)OCC. The summed E-state index contributed by atoms with van der Waals surface area (Å²) in [6.07, 6.45) is 0.603. The van der Waals surface area contributed by atoms with E-state index < -0.39 is 24.1 Å². The molecule has 1 heterocycles. The lowest BCUT2D eigenvalue weighted by atomic mass is 10.1. The molecule has 1 aromatic rings. The van der Waals surface area contributed by atoms with Crippen LogP contribution in [0.1, 0.15) is 20.3 Å². The fourth-order valence-electron chi connectivity index (χ4n) is 2.13. The molecule has 23 heavy (non-hydrogen) atoms. The van der Waals surface area contributed by atoms with Gasteiger partial charge in [-0.15, -0.1) is 0 Å². The van der Waals surface area contributed by atoms with Gasteiger partial charge >= 0.3 is 11.9 Å². The van der Waals surface area contributed by atoms with Gasteiger partial charge in [-0.2, -0.15) is 0 Å². The van der Waals surface area contributed by atoms with Gasteiger partial charge in [0.2, 0.25) is 0 Å². The smallest absolute Gasteiger partial charge is 0.332 e. The van der Waals surface area contributed by atoms with Crippen molar-refractivity contribution in [2.45, 2.75) is 26.1 Å². The molecule has 0 aliphatic carbocycles. The normalized spacial score (nSPS) is 20.9. The zero-order valence-corrected chi connectivity index (χ0v) is 13.0. The number of carbonyl (C=O) groups excluding carboxylic acids is 2. The molecule has 124 valence electrons. The average molecular weight is 321 g/mol. The van der Waals surface area contributed by atoms with Crippen molar-refractivity contribution in [3.8, 4) is 5.75 Å². The number of para-hydroxylation sites is 2. The number of hydrogen-bond donors (Lipinski definition) is 2. The first-order valence-electron chi connectivity index (χ1n) is 7.30. The third kappa shape index (κ3) is 4.01. The number of esters is 2. The molecule has 7 nitrogen and oxygen atoms in total. The van der Waals surface area contributed by atoms with Crippen molar-refractivity contribution in [3.05, 3.63) is 36.0 Å². The average Bonchev–Trinajstić information content (AvgIpc) is 2.48. The first-order chi connectivity index (χ1) is 11.0. The summed E-state index contributed by atoms with van der Waals surface area (Å²) in [5.41, 5.74) is 0.583. The number of rotatable bonds is 5. The van der Waals surface area contributed by atoms with E-state index in [0.717, 1.165) is 6.08 Å². The molecule has 0 spiro atoms. The highest BCUT2D eigenvalue weighted by molar-refractivity contribution is 5.85. The van der Waals surface area contributed by atoms with Gasteiger partial charge in [-0.25, -0.2) is 4.79 Å². The summed E-state index contributed by atoms with van der Waals surface area (Å²) in [6.45, 7) is 3.69. The summed E-state index contributed by atoms with van der Waals surface area (Å²) >= 11 is 0. The van der Waals surface area contributed by atoms with Crippen LogP contribution in [0, 0.1) is 0 Å². The Balaban J connectivity index is 2.34. The molecule has 2 N–H and O–H groups in total. The molecular formula is C16H19NO6. The Bertz CT molecular complexity index is 627. The molecule has 0 bridgehead atoms. The van der Waals surface area contributed by atoms with Crippen molar-refractivity contribution in [3.63, 3.8) is 0 Å². The first-order valence-corrected chi connectivity index (χ1v) is 7.30. The summed E-state index contributed by atoms with van der Waals surface area (Å²) in [7, 11) is 0. The number of benzene rings is 1. The molecule has 2 rings (SSSR count). The highest BCUT2D eigenvalue weighted by Gasteiger charge is 2.42. The van der Waals surface area contributed by atoms with Gasteiger partial charge in [-0.1, -0.05) is 12.1 Å². The standard InChI is InChI=1S/C16H19NO6/c1-3-21-14(18)9-13-16(20,10-15(19)22-4-2)23-12-8-6-5-7-11(12)17-13/h5-9,17,20H,3-4,10H2,1-2H3/b13-9-. The summed E-state index contributed by atoms with van der Waals surface area (Å²) in [4.78, 5) is 23.5. The first kappa shape index (κ1) is 16.8. The lowest BCUT2D eigenvalue weighted by Crippen LogP contribution is -2.46. The highest BCUT2D eigenvalue weighted by atomic mass is 16.6. The molecule has 1 aromatic carbocycles. The number of anilines is 1. The van der Waals surface area contributed by atoms with Gasteiger partial charge in [0.05, 0.1) is 24.6 Å². The molecule has 0 saturated heterocycles. The minimum atomic E-state index is -2.03. The van der Waals surface area contributed by atoms with E-state index in [4.69, 9.17) is 14.2 Å². The van der Waals surface area contributed by atoms with Crippen LogP contribution in [0.5, 0.6) is 5.75 Å². The Kier molecular flexibility index (Phi) is 5.23. The lowest BCUT2D eigenvalue weighted by molar-refractivity contribution is -0.163. The predicted molar refractivity (Wildman–Crippen MR) is 81.6 cm³/mol. The summed E-state index contributed by atoms with van der Waals surface area (Å²) in [6, 6.07) is 6.86. The van der Waals surface area contributed by atoms with Crippen molar-refractivity contribution >= 4 is 17.6 Å². The zero-order valence-electron chi connectivity index (χ0n) is 13.0. The fraction of sp³-hybridized carbons (Fsp3) is 0.375. The second-order valence-electron chi connectivity index (χ2n) is 4.80. The zero-order chi connectivity index (χ0) is 16.9. The molecule has 1 aliphatic heterocycles. The minimum absolute atomic E-state index is 0.0164. The minimum Gasteiger partial charge on any atom is -0.466 e. The number of aliphatic hydroxyl groups is 1. The van der Waals surface area contributed by atoms with Gasteiger partial charge < -0.3 is 24.6 Å². The van der Waals surface area contributed by atoms with Crippen LogP contribution in [0.25, 0.3) is 0 Å². The Labute approximate surface area is 133 Å². The van der Waals surface area contributed by atoms with Crippen LogP contribution in [0.3, 0.4) is 0 Å². The lowest BCUT2D eigenvalue weighted by Gasteiger charge is -2.36. The van der Waals surface area contributed by atoms with E-state index in [2.05, 4.69) is 5.32 Å². The van der Waals surface area contributed by atoms with E-state index in [1.807, 2.05) is 0 Å². The summed E-state index contributed by atoms with van der Waals surface area (Å²) in [5, 5.41) is 13.6. The summed E-state index contributed by atoms with van der Waals surface area (Å²) < 4.78 is 15.2. The van der Waals surface area contributed by atoms with Gasteiger partial charge in [0.15, 0.2) is 0 Å². The van der Waals surface area contributed by atoms with Gasteiger partial charge in [0.1, 0.15) is 12.2 Å². The van der Waals surface area contributed by atoms with Crippen LogP contribution in [-0.4, -0.2) is 36.0 Å². The number of nitrogens with one attached hydrogen (secondary N) is 1. The molecule has 0 aromatic heterocycles. The van der Waals surface area contributed by atoms with Crippen molar-refractivity contribution in [2.24, 2.45) is 0 Å². The molecule has 1 aliphatic rings. The Morgan fingerprint density at radius 1 is 1.26 bits per heavy atom. The van der Waals surface area contributed by atoms with Crippen LogP contribution < -0.4 is 10.1 Å². The largest absolute Gasteiger partial charge is 0.466 e. The Hall–Kier alpha value is -2.54. The van der Waals surface area contributed by atoms with E-state index in [0.29, 0.717) is 11.4 Å². The third-order valence-electron chi connectivity index (χ3n) is 3.09. The van der Waals surface area contributed by atoms with Gasteiger partial charge in [0, 0.05) is 6.08 Å². The van der Waals surface area contributed by atoms with Crippen LogP contribution in [0.15, 0.2) is 36.0 Å². The van der Waals surface area contributed by atoms with Crippen LogP contribution in [0.2, 0.25) is 0 Å². The van der Waals surface area contributed by atoms with Crippen LogP contribution in [0.4, 0.5) is 5.69 Å². The number of hydrogen-bond acceptors (Lipinski definition) is 7. The highest BCUT2D eigenvalue weighted by Crippen LogP contribution is 2.38. The van der Waals surface area contributed by atoms with Crippen molar-refractivity contribution in [1.82, 2.24) is 0 Å². The second-order valence-corrected chi connectivity index (χ2v) is 4.80. The maximum Gasteiger partial charge on any atom is 0.332 e. The number of carbonyl (C=O) groups is 2. The quantitative estimate of drug-likeness (QED) is 0.628. The monoisotopic (exact) mass is 321 g/mol. The third-order valence-corrected chi connectivity index (χ3v) is 3.09. The molecule has 0 amide bonds. The topological polar surface area (TPSA) is 94.1 Å². The van der Waals surface area contributed by atoms with E-state index in [1.54, 1.807) is 38.1 Å². The van der Waals surface area contributed by atoms with Crippen molar-refractivity contribution < 1.29 is 28.9 Å².